The van der Waals surface area contributed by atoms with E-state index in [4.69, 9.17) is 10.5 Å². The number of nitrogens with one attached hydrogen (secondary N) is 1. The van der Waals surface area contributed by atoms with Gasteiger partial charge in [0.1, 0.15) is 0 Å². The summed E-state index contributed by atoms with van der Waals surface area (Å²) >= 11 is 0. The Hall–Kier alpha value is -0.900. The molecule has 100 valence electrons. The molecule has 1 aromatic rings. The summed E-state index contributed by atoms with van der Waals surface area (Å²) in [6.07, 6.45) is 3.81. The molecule has 0 amide bonds. The minimum Gasteiger partial charge on any atom is -0.385 e. The molecule has 1 aromatic carbocycles. The van der Waals surface area contributed by atoms with E-state index < -0.39 is 0 Å². The van der Waals surface area contributed by atoms with Gasteiger partial charge in [-0.15, -0.1) is 0 Å². The van der Waals surface area contributed by atoms with E-state index in [0.717, 1.165) is 26.1 Å². The number of methoxy groups -OCH3 is 1. The SMILES string of the molecule is COCCC1(CNCC(N)c2ccccc2)CC1. The van der Waals surface area contributed by atoms with E-state index in [0.29, 0.717) is 5.41 Å². The molecule has 0 heterocycles. The zero-order valence-corrected chi connectivity index (χ0v) is 11.2. The second-order valence-electron chi connectivity index (χ2n) is 5.39. The first-order valence-corrected chi connectivity index (χ1v) is 6.76. The van der Waals surface area contributed by atoms with Crippen LogP contribution < -0.4 is 11.1 Å². The molecule has 0 spiro atoms. The zero-order chi connectivity index (χ0) is 12.8. The summed E-state index contributed by atoms with van der Waals surface area (Å²) < 4.78 is 5.16. The molecule has 1 saturated carbocycles. The zero-order valence-electron chi connectivity index (χ0n) is 11.2. The lowest BCUT2D eigenvalue weighted by atomic mass is 10.0. The van der Waals surface area contributed by atoms with Crippen molar-refractivity contribution in [3.8, 4) is 0 Å². The van der Waals surface area contributed by atoms with E-state index >= 15 is 0 Å². The van der Waals surface area contributed by atoms with Gasteiger partial charge in [0, 0.05) is 32.8 Å². The highest BCUT2D eigenvalue weighted by Gasteiger charge is 2.41. The summed E-state index contributed by atoms with van der Waals surface area (Å²) in [5.41, 5.74) is 7.85. The minimum absolute atomic E-state index is 0.0874. The summed E-state index contributed by atoms with van der Waals surface area (Å²) in [6, 6.07) is 10.4. The van der Waals surface area contributed by atoms with Crippen molar-refractivity contribution in [3.05, 3.63) is 35.9 Å². The van der Waals surface area contributed by atoms with Crippen molar-refractivity contribution in [3.63, 3.8) is 0 Å². The molecule has 3 heteroatoms. The summed E-state index contributed by atoms with van der Waals surface area (Å²) in [6.45, 7) is 2.78. The average molecular weight is 248 g/mol. The van der Waals surface area contributed by atoms with Crippen LogP contribution in [0.4, 0.5) is 0 Å². The van der Waals surface area contributed by atoms with Gasteiger partial charge in [-0.05, 0) is 30.2 Å². The van der Waals surface area contributed by atoms with Gasteiger partial charge in [0.15, 0.2) is 0 Å². The predicted octanol–water partition coefficient (Wildman–Crippen LogP) is 2.09. The van der Waals surface area contributed by atoms with Gasteiger partial charge in [0.2, 0.25) is 0 Å². The van der Waals surface area contributed by atoms with Crippen LogP contribution in [0.3, 0.4) is 0 Å². The van der Waals surface area contributed by atoms with Crippen molar-refractivity contribution in [1.82, 2.24) is 5.32 Å². The van der Waals surface area contributed by atoms with Crippen LogP contribution in [0.5, 0.6) is 0 Å². The van der Waals surface area contributed by atoms with Crippen LogP contribution in [0.25, 0.3) is 0 Å². The van der Waals surface area contributed by atoms with E-state index in [1.165, 1.54) is 18.4 Å². The molecule has 2 rings (SSSR count). The van der Waals surface area contributed by atoms with Gasteiger partial charge in [0.25, 0.3) is 0 Å². The Balaban J connectivity index is 1.69. The Labute approximate surface area is 110 Å². The summed E-state index contributed by atoms with van der Waals surface area (Å²) in [4.78, 5) is 0. The van der Waals surface area contributed by atoms with Crippen molar-refractivity contribution in [2.75, 3.05) is 26.8 Å². The molecule has 0 radical (unpaired) electrons. The number of nitrogens with two attached hydrogens (primary N) is 1. The minimum atomic E-state index is 0.0874. The third-order valence-corrected chi connectivity index (χ3v) is 3.89. The fourth-order valence-electron chi connectivity index (χ4n) is 2.32. The van der Waals surface area contributed by atoms with Gasteiger partial charge in [0.05, 0.1) is 0 Å². The van der Waals surface area contributed by atoms with Crippen molar-refractivity contribution in [1.29, 1.82) is 0 Å². The quantitative estimate of drug-likeness (QED) is 0.740. The molecule has 1 fully saturated rings. The Morgan fingerprint density at radius 2 is 2.06 bits per heavy atom. The van der Waals surface area contributed by atoms with Gasteiger partial charge in [-0.25, -0.2) is 0 Å². The van der Waals surface area contributed by atoms with Crippen molar-refractivity contribution in [2.24, 2.45) is 11.1 Å². The molecular formula is C15H24N2O. The Bertz CT molecular complexity index is 349. The third kappa shape index (κ3) is 3.80. The van der Waals surface area contributed by atoms with E-state index in [9.17, 15) is 0 Å². The van der Waals surface area contributed by atoms with Crippen molar-refractivity contribution < 1.29 is 4.74 Å². The molecule has 0 bridgehead atoms. The van der Waals surface area contributed by atoms with E-state index in [1.807, 2.05) is 18.2 Å². The van der Waals surface area contributed by atoms with Crippen LogP contribution in [0.1, 0.15) is 30.9 Å². The largest absolute Gasteiger partial charge is 0.385 e. The topological polar surface area (TPSA) is 47.3 Å². The van der Waals surface area contributed by atoms with Gasteiger partial charge < -0.3 is 15.8 Å². The van der Waals surface area contributed by atoms with Gasteiger partial charge in [-0.2, -0.15) is 0 Å². The lowest BCUT2D eigenvalue weighted by molar-refractivity contribution is 0.171. The van der Waals surface area contributed by atoms with Crippen LogP contribution in [-0.2, 0) is 4.74 Å². The maximum atomic E-state index is 6.16. The molecule has 3 nitrogen and oxygen atoms in total. The summed E-state index contributed by atoms with van der Waals surface area (Å²) in [7, 11) is 1.77. The summed E-state index contributed by atoms with van der Waals surface area (Å²) in [5.74, 6) is 0. The van der Waals surface area contributed by atoms with E-state index in [2.05, 4.69) is 17.4 Å². The fourth-order valence-corrected chi connectivity index (χ4v) is 2.32. The Kier molecular flexibility index (Phi) is 4.75. The molecular weight excluding hydrogens is 224 g/mol. The third-order valence-electron chi connectivity index (χ3n) is 3.89. The summed E-state index contributed by atoms with van der Waals surface area (Å²) in [5, 5.41) is 3.51. The lowest BCUT2D eigenvalue weighted by Gasteiger charge is -2.18. The molecule has 0 aliphatic heterocycles. The maximum Gasteiger partial charge on any atom is 0.0468 e. The van der Waals surface area contributed by atoms with Crippen LogP contribution in [0.2, 0.25) is 0 Å². The Morgan fingerprint density at radius 3 is 2.67 bits per heavy atom. The van der Waals surface area contributed by atoms with Gasteiger partial charge in [-0.3, -0.25) is 0 Å². The molecule has 3 N–H and O–H groups in total. The average Bonchev–Trinajstić information content (AvgIpc) is 3.18. The highest BCUT2D eigenvalue weighted by atomic mass is 16.5. The lowest BCUT2D eigenvalue weighted by Crippen LogP contribution is -2.32. The van der Waals surface area contributed by atoms with E-state index in [-0.39, 0.29) is 6.04 Å². The maximum absolute atomic E-state index is 6.16. The van der Waals surface area contributed by atoms with Crippen LogP contribution in [0, 0.1) is 5.41 Å². The molecule has 18 heavy (non-hydrogen) atoms. The smallest absolute Gasteiger partial charge is 0.0468 e. The number of ether oxygens (including phenoxy) is 1. The number of rotatable bonds is 8. The number of hydrogen-bond acceptors (Lipinski definition) is 3. The van der Waals surface area contributed by atoms with Crippen molar-refractivity contribution in [2.45, 2.75) is 25.3 Å². The van der Waals surface area contributed by atoms with Crippen LogP contribution >= 0.6 is 0 Å². The van der Waals surface area contributed by atoms with Crippen LogP contribution in [0.15, 0.2) is 30.3 Å². The number of hydrogen-bond donors (Lipinski definition) is 2. The highest BCUT2D eigenvalue weighted by Crippen LogP contribution is 2.48. The van der Waals surface area contributed by atoms with Crippen LogP contribution in [-0.4, -0.2) is 26.8 Å². The van der Waals surface area contributed by atoms with Crippen molar-refractivity contribution >= 4 is 0 Å². The first-order valence-electron chi connectivity index (χ1n) is 6.76. The molecule has 0 aromatic heterocycles. The highest BCUT2D eigenvalue weighted by molar-refractivity contribution is 5.18. The van der Waals surface area contributed by atoms with Gasteiger partial charge >= 0.3 is 0 Å². The Morgan fingerprint density at radius 1 is 1.33 bits per heavy atom. The first-order chi connectivity index (χ1) is 8.76. The molecule has 1 unspecified atom stereocenters. The van der Waals surface area contributed by atoms with Gasteiger partial charge in [-0.1, -0.05) is 30.3 Å². The second-order valence-corrected chi connectivity index (χ2v) is 5.39. The monoisotopic (exact) mass is 248 g/mol. The molecule has 1 aliphatic rings. The normalized spacial score (nSPS) is 18.6. The first kappa shape index (κ1) is 13.5. The fraction of sp³-hybridized carbons (Fsp3) is 0.600. The molecule has 1 atom stereocenters. The molecule has 1 aliphatic carbocycles. The van der Waals surface area contributed by atoms with E-state index in [1.54, 1.807) is 7.11 Å². The standard InChI is InChI=1S/C15H24N2O/c1-18-10-9-15(7-8-15)12-17-11-14(16)13-5-3-2-4-6-13/h2-6,14,17H,7-12,16H2,1H3. The predicted molar refractivity (Wildman–Crippen MR) is 74.4 cm³/mol. The number of benzene rings is 1. The second kappa shape index (κ2) is 6.32. The molecule has 0 saturated heterocycles.